The minimum absolute atomic E-state index is 0.666. The molecule has 0 bridgehead atoms. The Kier molecular flexibility index (Phi) is 5.49. The Hall–Kier alpha value is -3.32. The van der Waals surface area contributed by atoms with Crippen LogP contribution in [0.2, 0.25) is 0 Å². The molecule has 176 valence electrons. The van der Waals surface area contributed by atoms with Crippen molar-refractivity contribution in [1.29, 1.82) is 0 Å². The van der Waals surface area contributed by atoms with Crippen LogP contribution in [0, 0.1) is 13.8 Å². The minimum atomic E-state index is 0.666. The predicted molar refractivity (Wildman–Crippen MR) is 136 cm³/mol. The zero-order chi connectivity index (χ0) is 23.1. The number of hydrogen-bond donors (Lipinski definition) is 2. The van der Waals surface area contributed by atoms with E-state index in [0.29, 0.717) is 12.5 Å². The molecule has 1 saturated heterocycles. The van der Waals surface area contributed by atoms with Crippen molar-refractivity contribution in [2.75, 3.05) is 48.3 Å². The van der Waals surface area contributed by atoms with Gasteiger partial charge in [-0.05, 0) is 80.2 Å². The average molecular weight is 457 g/mol. The third kappa shape index (κ3) is 4.05. The van der Waals surface area contributed by atoms with Crippen LogP contribution in [0.25, 0.3) is 0 Å². The van der Waals surface area contributed by atoms with Crippen molar-refractivity contribution in [3.63, 3.8) is 0 Å². The average Bonchev–Trinajstić information content (AvgIpc) is 2.82. The summed E-state index contributed by atoms with van der Waals surface area (Å²) in [6.07, 6.45) is 6.30. The standard InChI is InChI=1S/C27H32N6O/c1-18-12-23(5-4-21(18)16-32-8-3-9-32)31-25-13-22-17-33(10-6-20(22)14-29-25)24-15-30-27-26(19(24)2)28-7-11-34-27/h4-5,12-15,28H,3,6-11,16-17H2,1-2H3,(H,29,31). The molecule has 7 heteroatoms. The quantitative estimate of drug-likeness (QED) is 0.590. The number of fused-ring (bicyclic) bond motifs is 2. The van der Waals surface area contributed by atoms with Gasteiger partial charge in [0.2, 0.25) is 5.88 Å². The van der Waals surface area contributed by atoms with Crippen molar-refractivity contribution in [3.8, 4) is 5.88 Å². The van der Waals surface area contributed by atoms with Crippen molar-refractivity contribution in [2.45, 2.75) is 39.8 Å². The summed E-state index contributed by atoms with van der Waals surface area (Å²) in [4.78, 5) is 14.2. The maximum Gasteiger partial charge on any atom is 0.237 e. The lowest BCUT2D eigenvalue weighted by molar-refractivity contribution is 0.172. The van der Waals surface area contributed by atoms with Gasteiger partial charge < -0.3 is 20.3 Å². The molecule has 0 spiro atoms. The van der Waals surface area contributed by atoms with Gasteiger partial charge in [0.1, 0.15) is 18.1 Å². The summed E-state index contributed by atoms with van der Waals surface area (Å²) in [6, 6.07) is 8.86. The Morgan fingerprint density at radius 1 is 1.06 bits per heavy atom. The normalized spacial score (nSPS) is 17.2. The molecule has 6 rings (SSSR count). The SMILES string of the molecule is Cc1cc(Nc2cc3c(cn2)CCN(c2cnc4c(c2C)NCCO4)C3)ccc1CN1CCC1. The van der Waals surface area contributed by atoms with Crippen molar-refractivity contribution in [3.05, 3.63) is 64.5 Å². The molecule has 3 aliphatic heterocycles. The molecule has 0 unspecified atom stereocenters. The van der Waals surface area contributed by atoms with Crippen LogP contribution >= 0.6 is 0 Å². The molecule has 34 heavy (non-hydrogen) atoms. The minimum Gasteiger partial charge on any atom is -0.474 e. The second kappa shape index (κ2) is 8.80. The largest absolute Gasteiger partial charge is 0.474 e. The first-order valence-corrected chi connectivity index (χ1v) is 12.3. The summed E-state index contributed by atoms with van der Waals surface area (Å²) in [5.41, 5.74) is 9.87. The molecule has 1 fully saturated rings. The van der Waals surface area contributed by atoms with E-state index < -0.39 is 0 Å². The number of aryl methyl sites for hydroxylation is 1. The van der Waals surface area contributed by atoms with Gasteiger partial charge in [0.05, 0.1) is 11.9 Å². The first kappa shape index (κ1) is 21.2. The van der Waals surface area contributed by atoms with E-state index in [4.69, 9.17) is 9.72 Å². The third-order valence-corrected chi connectivity index (χ3v) is 7.31. The molecular weight excluding hydrogens is 424 g/mol. The van der Waals surface area contributed by atoms with Gasteiger partial charge in [-0.1, -0.05) is 6.07 Å². The van der Waals surface area contributed by atoms with E-state index in [2.05, 4.69) is 63.5 Å². The molecule has 2 N–H and O–H groups in total. The van der Waals surface area contributed by atoms with E-state index in [1.807, 2.05) is 12.4 Å². The maximum atomic E-state index is 5.71. The van der Waals surface area contributed by atoms with Gasteiger partial charge in [0.15, 0.2) is 0 Å². The molecule has 0 aliphatic carbocycles. The lowest BCUT2D eigenvalue weighted by Crippen LogP contribution is -2.36. The Balaban J connectivity index is 1.19. The zero-order valence-electron chi connectivity index (χ0n) is 20.0. The molecule has 3 aliphatic rings. The number of hydrogen-bond acceptors (Lipinski definition) is 7. The van der Waals surface area contributed by atoms with Gasteiger partial charge in [-0.3, -0.25) is 4.90 Å². The lowest BCUT2D eigenvalue weighted by atomic mass is 10.0. The van der Waals surface area contributed by atoms with Crippen LogP contribution < -0.4 is 20.3 Å². The fourth-order valence-electron chi connectivity index (χ4n) is 5.12. The highest BCUT2D eigenvalue weighted by molar-refractivity contribution is 5.71. The summed E-state index contributed by atoms with van der Waals surface area (Å²) in [6.45, 7) is 11.2. The molecular formula is C27H32N6O. The van der Waals surface area contributed by atoms with Gasteiger partial charge in [-0.25, -0.2) is 9.97 Å². The number of pyridine rings is 2. The first-order valence-electron chi connectivity index (χ1n) is 12.3. The molecule has 2 aromatic heterocycles. The third-order valence-electron chi connectivity index (χ3n) is 7.31. The second-order valence-electron chi connectivity index (χ2n) is 9.63. The maximum absolute atomic E-state index is 5.71. The number of anilines is 4. The second-order valence-corrected chi connectivity index (χ2v) is 9.63. The highest BCUT2D eigenvalue weighted by atomic mass is 16.5. The van der Waals surface area contributed by atoms with Gasteiger partial charge >= 0.3 is 0 Å². The molecule has 5 heterocycles. The lowest BCUT2D eigenvalue weighted by Gasteiger charge is -2.33. The number of nitrogens with zero attached hydrogens (tertiary/aromatic N) is 4. The fraction of sp³-hybridized carbons (Fsp3) is 0.407. The summed E-state index contributed by atoms with van der Waals surface area (Å²) in [7, 11) is 0. The van der Waals surface area contributed by atoms with Crippen LogP contribution in [0.15, 0.2) is 36.7 Å². The van der Waals surface area contributed by atoms with Crippen molar-refractivity contribution in [1.82, 2.24) is 14.9 Å². The van der Waals surface area contributed by atoms with Gasteiger partial charge in [-0.15, -0.1) is 0 Å². The van der Waals surface area contributed by atoms with Crippen LogP contribution in [-0.4, -0.2) is 47.7 Å². The number of ether oxygens (including phenoxy) is 1. The summed E-state index contributed by atoms with van der Waals surface area (Å²) >= 11 is 0. The smallest absolute Gasteiger partial charge is 0.237 e. The highest BCUT2D eigenvalue weighted by Gasteiger charge is 2.23. The number of benzene rings is 1. The predicted octanol–water partition coefficient (Wildman–Crippen LogP) is 4.41. The van der Waals surface area contributed by atoms with Crippen LogP contribution in [-0.2, 0) is 19.5 Å². The van der Waals surface area contributed by atoms with E-state index in [-0.39, 0.29) is 0 Å². The van der Waals surface area contributed by atoms with Gasteiger partial charge in [0, 0.05) is 43.6 Å². The number of aromatic nitrogens is 2. The van der Waals surface area contributed by atoms with Crippen LogP contribution in [0.1, 0.15) is 34.2 Å². The molecule has 0 atom stereocenters. The Morgan fingerprint density at radius 3 is 2.79 bits per heavy atom. The van der Waals surface area contributed by atoms with Crippen LogP contribution in [0.3, 0.4) is 0 Å². The molecule has 3 aromatic rings. The van der Waals surface area contributed by atoms with E-state index in [1.165, 1.54) is 53.0 Å². The monoisotopic (exact) mass is 456 g/mol. The molecule has 0 amide bonds. The molecule has 0 saturated carbocycles. The summed E-state index contributed by atoms with van der Waals surface area (Å²) in [5.74, 6) is 1.61. The van der Waals surface area contributed by atoms with Crippen LogP contribution in [0.5, 0.6) is 5.88 Å². The zero-order valence-corrected chi connectivity index (χ0v) is 20.0. The first-order chi connectivity index (χ1) is 16.6. The van der Waals surface area contributed by atoms with E-state index >= 15 is 0 Å². The van der Waals surface area contributed by atoms with Crippen molar-refractivity contribution < 1.29 is 4.74 Å². The topological polar surface area (TPSA) is 65.5 Å². The van der Waals surface area contributed by atoms with E-state index in [1.54, 1.807) is 0 Å². The Labute approximate surface area is 201 Å². The Bertz CT molecular complexity index is 1220. The highest BCUT2D eigenvalue weighted by Crippen LogP contribution is 2.36. The Morgan fingerprint density at radius 2 is 1.97 bits per heavy atom. The van der Waals surface area contributed by atoms with Gasteiger partial charge in [-0.2, -0.15) is 0 Å². The van der Waals surface area contributed by atoms with Crippen molar-refractivity contribution >= 4 is 22.9 Å². The fourth-order valence-corrected chi connectivity index (χ4v) is 5.12. The van der Waals surface area contributed by atoms with Gasteiger partial charge in [0.25, 0.3) is 0 Å². The summed E-state index contributed by atoms with van der Waals surface area (Å²) in [5, 5.41) is 6.98. The number of nitrogens with one attached hydrogen (secondary N) is 2. The molecule has 7 nitrogen and oxygen atoms in total. The van der Waals surface area contributed by atoms with E-state index in [9.17, 15) is 0 Å². The molecule has 0 radical (unpaired) electrons. The number of rotatable bonds is 5. The van der Waals surface area contributed by atoms with E-state index in [0.717, 1.165) is 49.8 Å². The number of likely N-dealkylation sites (tertiary alicyclic amines) is 1. The van der Waals surface area contributed by atoms with Crippen LogP contribution in [0.4, 0.5) is 22.9 Å². The summed E-state index contributed by atoms with van der Waals surface area (Å²) < 4.78 is 5.71. The van der Waals surface area contributed by atoms with Crippen molar-refractivity contribution in [2.24, 2.45) is 0 Å². The molecule has 1 aromatic carbocycles.